The largest absolute Gasteiger partial charge is 0.385 e. The third kappa shape index (κ3) is 5.05. The molecule has 1 heterocycles. The summed E-state index contributed by atoms with van der Waals surface area (Å²) >= 11 is 0. The first kappa shape index (κ1) is 15.8. The lowest BCUT2D eigenvalue weighted by atomic mass is 9.90. The van der Waals surface area contributed by atoms with Gasteiger partial charge in [-0.1, -0.05) is 6.92 Å². The fraction of sp³-hybridized carbons (Fsp3) is 0.588. The van der Waals surface area contributed by atoms with Crippen LogP contribution in [-0.2, 0) is 4.74 Å². The third-order valence-electron chi connectivity index (χ3n) is 4.11. The normalized spacial score (nSPS) is 17.2. The SMILES string of the molecule is CNC(=O)c1ccc(NCC(C)CC2CCOCC2)cc1. The Hall–Kier alpha value is -1.55. The van der Waals surface area contributed by atoms with Crippen LogP contribution in [0, 0.1) is 11.8 Å². The molecule has 1 amide bonds. The summed E-state index contributed by atoms with van der Waals surface area (Å²) in [6.45, 7) is 5.11. The van der Waals surface area contributed by atoms with Crippen molar-refractivity contribution in [3.8, 4) is 0 Å². The Morgan fingerprint density at radius 3 is 2.57 bits per heavy atom. The van der Waals surface area contributed by atoms with Crippen molar-refractivity contribution in [1.29, 1.82) is 0 Å². The highest BCUT2D eigenvalue weighted by atomic mass is 16.5. The van der Waals surface area contributed by atoms with E-state index in [1.165, 1.54) is 19.3 Å². The van der Waals surface area contributed by atoms with Gasteiger partial charge in [-0.2, -0.15) is 0 Å². The van der Waals surface area contributed by atoms with E-state index in [9.17, 15) is 4.79 Å². The summed E-state index contributed by atoms with van der Waals surface area (Å²) in [6, 6.07) is 7.63. The number of rotatable bonds is 6. The predicted molar refractivity (Wildman–Crippen MR) is 85.6 cm³/mol. The van der Waals surface area contributed by atoms with Crippen molar-refractivity contribution in [2.24, 2.45) is 11.8 Å². The number of anilines is 1. The molecule has 1 atom stereocenters. The van der Waals surface area contributed by atoms with E-state index in [1.807, 2.05) is 24.3 Å². The van der Waals surface area contributed by atoms with Gasteiger partial charge in [0.25, 0.3) is 5.91 Å². The van der Waals surface area contributed by atoms with Crippen LogP contribution >= 0.6 is 0 Å². The van der Waals surface area contributed by atoms with Gasteiger partial charge in [0.05, 0.1) is 0 Å². The number of hydrogen-bond donors (Lipinski definition) is 2. The molecular formula is C17H26N2O2. The molecule has 2 N–H and O–H groups in total. The molecule has 1 fully saturated rings. The first-order valence-corrected chi connectivity index (χ1v) is 7.82. The number of hydrogen-bond acceptors (Lipinski definition) is 3. The summed E-state index contributed by atoms with van der Waals surface area (Å²) in [5, 5.41) is 6.08. The smallest absolute Gasteiger partial charge is 0.251 e. The molecule has 0 spiro atoms. The van der Waals surface area contributed by atoms with Crippen LogP contribution in [0.1, 0.15) is 36.5 Å². The van der Waals surface area contributed by atoms with Gasteiger partial charge in [-0.05, 0) is 55.4 Å². The summed E-state index contributed by atoms with van der Waals surface area (Å²) in [4.78, 5) is 11.5. The first-order valence-electron chi connectivity index (χ1n) is 7.82. The monoisotopic (exact) mass is 290 g/mol. The molecule has 0 radical (unpaired) electrons. The van der Waals surface area contributed by atoms with Crippen LogP contribution in [0.4, 0.5) is 5.69 Å². The van der Waals surface area contributed by atoms with Gasteiger partial charge in [-0.25, -0.2) is 0 Å². The summed E-state index contributed by atoms with van der Waals surface area (Å²) < 4.78 is 5.40. The number of nitrogens with one attached hydrogen (secondary N) is 2. The Balaban J connectivity index is 1.75. The van der Waals surface area contributed by atoms with Crippen LogP contribution in [0.2, 0.25) is 0 Å². The lowest BCUT2D eigenvalue weighted by Crippen LogP contribution is -2.21. The van der Waals surface area contributed by atoms with Gasteiger partial charge in [-0.15, -0.1) is 0 Å². The molecule has 21 heavy (non-hydrogen) atoms. The highest BCUT2D eigenvalue weighted by molar-refractivity contribution is 5.94. The van der Waals surface area contributed by atoms with Crippen LogP contribution in [0.3, 0.4) is 0 Å². The molecular weight excluding hydrogens is 264 g/mol. The Kier molecular flexibility index (Phi) is 6.05. The molecule has 1 aromatic carbocycles. The second-order valence-electron chi connectivity index (χ2n) is 5.93. The van der Waals surface area contributed by atoms with Crippen LogP contribution in [0.25, 0.3) is 0 Å². The Morgan fingerprint density at radius 1 is 1.29 bits per heavy atom. The molecule has 4 nitrogen and oxygen atoms in total. The van der Waals surface area contributed by atoms with Gasteiger partial charge < -0.3 is 15.4 Å². The molecule has 0 bridgehead atoms. The minimum atomic E-state index is -0.0468. The van der Waals surface area contributed by atoms with Gasteiger partial charge in [0.15, 0.2) is 0 Å². The zero-order chi connectivity index (χ0) is 15.1. The number of carbonyl (C=O) groups excluding carboxylic acids is 1. The topological polar surface area (TPSA) is 50.4 Å². The lowest BCUT2D eigenvalue weighted by molar-refractivity contribution is 0.0599. The standard InChI is InChI=1S/C17H26N2O2/c1-13(11-14-7-9-21-10-8-14)12-19-16-5-3-15(4-6-16)17(20)18-2/h3-6,13-14,19H,7-12H2,1-2H3,(H,18,20). The van der Waals surface area contributed by atoms with E-state index in [-0.39, 0.29) is 5.91 Å². The van der Waals surface area contributed by atoms with Crippen molar-refractivity contribution >= 4 is 11.6 Å². The van der Waals surface area contributed by atoms with E-state index in [1.54, 1.807) is 7.05 Å². The number of amides is 1. The zero-order valence-corrected chi connectivity index (χ0v) is 13.0. The third-order valence-corrected chi connectivity index (χ3v) is 4.11. The van der Waals surface area contributed by atoms with E-state index in [0.717, 1.165) is 31.4 Å². The molecule has 0 aliphatic carbocycles. The highest BCUT2D eigenvalue weighted by Gasteiger charge is 2.16. The molecule has 1 unspecified atom stereocenters. The minimum Gasteiger partial charge on any atom is -0.385 e. The molecule has 1 aliphatic heterocycles. The molecule has 4 heteroatoms. The number of carbonyl (C=O) groups is 1. The Labute approximate surface area is 127 Å². The first-order chi connectivity index (χ1) is 10.2. The average Bonchev–Trinajstić information content (AvgIpc) is 2.53. The quantitative estimate of drug-likeness (QED) is 0.847. The zero-order valence-electron chi connectivity index (χ0n) is 13.0. The number of ether oxygens (including phenoxy) is 1. The second-order valence-corrected chi connectivity index (χ2v) is 5.93. The maximum absolute atomic E-state index is 11.5. The van der Waals surface area contributed by atoms with Crippen molar-refractivity contribution < 1.29 is 9.53 Å². The second kappa shape index (κ2) is 8.03. The Bertz CT molecular complexity index is 439. The van der Waals surface area contributed by atoms with Crippen molar-refractivity contribution in [2.75, 3.05) is 32.1 Å². The molecule has 2 rings (SSSR count). The Morgan fingerprint density at radius 2 is 1.95 bits per heavy atom. The maximum atomic E-state index is 11.5. The van der Waals surface area contributed by atoms with Crippen LogP contribution < -0.4 is 10.6 Å². The van der Waals surface area contributed by atoms with Crippen LogP contribution in [0.15, 0.2) is 24.3 Å². The van der Waals surface area contributed by atoms with E-state index >= 15 is 0 Å². The molecule has 1 saturated heterocycles. The molecule has 116 valence electrons. The van der Waals surface area contributed by atoms with Crippen molar-refractivity contribution in [3.63, 3.8) is 0 Å². The molecule has 1 aromatic rings. The molecule has 1 aliphatic rings. The van der Waals surface area contributed by atoms with Crippen LogP contribution in [0.5, 0.6) is 0 Å². The maximum Gasteiger partial charge on any atom is 0.251 e. The molecule has 0 saturated carbocycles. The van der Waals surface area contributed by atoms with Gasteiger partial charge in [0.2, 0.25) is 0 Å². The van der Waals surface area contributed by atoms with E-state index in [4.69, 9.17) is 4.74 Å². The van der Waals surface area contributed by atoms with Crippen LogP contribution in [-0.4, -0.2) is 32.7 Å². The summed E-state index contributed by atoms with van der Waals surface area (Å²) in [5.41, 5.74) is 1.76. The fourth-order valence-corrected chi connectivity index (χ4v) is 2.81. The van der Waals surface area contributed by atoms with E-state index in [2.05, 4.69) is 17.6 Å². The van der Waals surface area contributed by atoms with E-state index in [0.29, 0.717) is 11.5 Å². The lowest BCUT2D eigenvalue weighted by Gasteiger charge is -2.25. The van der Waals surface area contributed by atoms with Gasteiger partial charge in [0.1, 0.15) is 0 Å². The summed E-state index contributed by atoms with van der Waals surface area (Å²) in [6.07, 6.45) is 3.66. The number of benzene rings is 1. The van der Waals surface area contributed by atoms with Gasteiger partial charge in [0, 0.05) is 38.1 Å². The van der Waals surface area contributed by atoms with Gasteiger partial charge >= 0.3 is 0 Å². The molecule has 0 aromatic heterocycles. The van der Waals surface area contributed by atoms with Gasteiger partial charge in [-0.3, -0.25) is 4.79 Å². The minimum absolute atomic E-state index is 0.0468. The highest BCUT2D eigenvalue weighted by Crippen LogP contribution is 2.23. The van der Waals surface area contributed by atoms with Crippen molar-refractivity contribution in [3.05, 3.63) is 29.8 Å². The van der Waals surface area contributed by atoms with Crippen molar-refractivity contribution in [2.45, 2.75) is 26.2 Å². The predicted octanol–water partition coefficient (Wildman–Crippen LogP) is 2.91. The summed E-state index contributed by atoms with van der Waals surface area (Å²) in [7, 11) is 1.65. The van der Waals surface area contributed by atoms with E-state index < -0.39 is 0 Å². The fourth-order valence-electron chi connectivity index (χ4n) is 2.81. The average molecular weight is 290 g/mol. The van der Waals surface area contributed by atoms with Crippen molar-refractivity contribution in [1.82, 2.24) is 5.32 Å². The summed E-state index contributed by atoms with van der Waals surface area (Å²) in [5.74, 6) is 1.41.